The Bertz CT molecular complexity index is 461. The van der Waals surface area contributed by atoms with Crippen LogP contribution in [0.2, 0.25) is 5.02 Å². The first-order chi connectivity index (χ1) is 9.97. The fourth-order valence-corrected chi connectivity index (χ4v) is 2.09. The summed E-state index contributed by atoms with van der Waals surface area (Å²) in [7, 11) is 1.55. The Morgan fingerprint density at radius 3 is 2.76 bits per heavy atom. The van der Waals surface area contributed by atoms with Gasteiger partial charge in [-0.05, 0) is 44.0 Å². The molecule has 0 spiro atoms. The van der Waals surface area contributed by atoms with Crippen LogP contribution in [-0.2, 0) is 9.53 Å². The zero-order chi connectivity index (χ0) is 15.8. The van der Waals surface area contributed by atoms with Crippen molar-refractivity contribution in [2.75, 3.05) is 20.3 Å². The summed E-state index contributed by atoms with van der Waals surface area (Å²) in [4.78, 5) is 12.1. The highest BCUT2D eigenvalue weighted by Gasteiger charge is 2.19. The van der Waals surface area contributed by atoms with E-state index in [-0.39, 0.29) is 18.6 Å². The van der Waals surface area contributed by atoms with Crippen molar-refractivity contribution in [3.63, 3.8) is 0 Å². The Morgan fingerprint density at radius 2 is 2.19 bits per heavy atom. The van der Waals surface area contributed by atoms with Gasteiger partial charge in [-0.15, -0.1) is 0 Å². The van der Waals surface area contributed by atoms with E-state index >= 15 is 0 Å². The molecule has 0 aliphatic heterocycles. The quantitative estimate of drug-likeness (QED) is 0.769. The summed E-state index contributed by atoms with van der Waals surface area (Å²) in [6.45, 7) is 3.87. The lowest BCUT2D eigenvalue weighted by Crippen LogP contribution is -2.44. The highest BCUT2D eigenvalue weighted by Crippen LogP contribution is 2.22. The third-order valence-electron chi connectivity index (χ3n) is 3.00. The standard InChI is InChI=1S/C15H22ClNO4/c1-10-8-12(16)4-5-14(10)21-11(2)15(19)17-13(6-7-18)9-20-3/h4-5,8,11,13,18H,6-7,9H2,1-3H3,(H,17,19). The topological polar surface area (TPSA) is 67.8 Å². The number of methoxy groups -OCH3 is 1. The fraction of sp³-hybridized carbons (Fsp3) is 0.533. The SMILES string of the molecule is COCC(CCO)NC(=O)C(C)Oc1ccc(Cl)cc1C. The summed E-state index contributed by atoms with van der Waals surface area (Å²) in [5.41, 5.74) is 0.867. The number of halogens is 1. The zero-order valence-corrected chi connectivity index (χ0v) is 13.3. The molecule has 6 heteroatoms. The number of aliphatic hydroxyl groups is 1. The van der Waals surface area contributed by atoms with E-state index in [0.717, 1.165) is 5.56 Å². The number of aliphatic hydroxyl groups excluding tert-OH is 1. The maximum atomic E-state index is 12.1. The molecule has 0 radical (unpaired) electrons. The molecule has 1 aromatic carbocycles. The van der Waals surface area contributed by atoms with Crippen LogP contribution in [0.1, 0.15) is 18.9 Å². The van der Waals surface area contributed by atoms with Gasteiger partial charge in [-0.25, -0.2) is 0 Å². The van der Waals surface area contributed by atoms with Crippen LogP contribution in [0.5, 0.6) is 5.75 Å². The van der Waals surface area contributed by atoms with Crippen molar-refractivity contribution in [1.82, 2.24) is 5.32 Å². The molecule has 0 heterocycles. The summed E-state index contributed by atoms with van der Waals surface area (Å²) in [5, 5.41) is 12.4. The van der Waals surface area contributed by atoms with Crippen molar-refractivity contribution in [1.29, 1.82) is 0 Å². The Morgan fingerprint density at radius 1 is 1.48 bits per heavy atom. The molecule has 1 aromatic rings. The number of carbonyl (C=O) groups is 1. The van der Waals surface area contributed by atoms with Gasteiger partial charge in [0.15, 0.2) is 6.10 Å². The van der Waals surface area contributed by atoms with Crippen LogP contribution in [-0.4, -0.2) is 43.5 Å². The second-order valence-electron chi connectivity index (χ2n) is 4.84. The van der Waals surface area contributed by atoms with Gasteiger partial charge in [-0.3, -0.25) is 4.79 Å². The van der Waals surface area contributed by atoms with Gasteiger partial charge in [0.2, 0.25) is 0 Å². The van der Waals surface area contributed by atoms with E-state index in [1.807, 2.05) is 6.92 Å². The molecule has 0 aliphatic carbocycles. The van der Waals surface area contributed by atoms with Crippen molar-refractivity contribution < 1.29 is 19.4 Å². The number of nitrogens with one attached hydrogen (secondary N) is 1. The fourth-order valence-electron chi connectivity index (χ4n) is 1.86. The molecule has 0 saturated carbocycles. The van der Waals surface area contributed by atoms with Gasteiger partial charge in [-0.2, -0.15) is 0 Å². The first kappa shape index (κ1) is 17.8. The van der Waals surface area contributed by atoms with Gasteiger partial charge in [-0.1, -0.05) is 11.6 Å². The van der Waals surface area contributed by atoms with E-state index in [9.17, 15) is 4.79 Å². The van der Waals surface area contributed by atoms with Gasteiger partial charge in [0.05, 0.1) is 12.6 Å². The Balaban J connectivity index is 2.61. The van der Waals surface area contributed by atoms with Gasteiger partial charge in [0.1, 0.15) is 5.75 Å². The predicted octanol–water partition coefficient (Wildman–Crippen LogP) is 1.93. The molecule has 0 aromatic heterocycles. The molecule has 118 valence electrons. The van der Waals surface area contributed by atoms with Gasteiger partial charge >= 0.3 is 0 Å². The zero-order valence-electron chi connectivity index (χ0n) is 12.6. The average Bonchev–Trinajstić information content (AvgIpc) is 2.42. The van der Waals surface area contributed by atoms with Crippen LogP contribution in [0, 0.1) is 6.92 Å². The van der Waals surface area contributed by atoms with Crippen LogP contribution in [0.4, 0.5) is 0 Å². The summed E-state index contributed by atoms with van der Waals surface area (Å²) in [6.07, 6.45) is -0.213. The van der Waals surface area contributed by atoms with Crippen molar-refractivity contribution in [2.45, 2.75) is 32.4 Å². The maximum Gasteiger partial charge on any atom is 0.261 e. The largest absolute Gasteiger partial charge is 0.481 e. The van der Waals surface area contributed by atoms with E-state index in [4.69, 9.17) is 26.2 Å². The van der Waals surface area contributed by atoms with Crippen molar-refractivity contribution in [3.05, 3.63) is 28.8 Å². The predicted molar refractivity (Wildman–Crippen MR) is 81.8 cm³/mol. The second-order valence-corrected chi connectivity index (χ2v) is 5.28. The molecule has 2 N–H and O–H groups in total. The van der Waals surface area contributed by atoms with Crippen molar-refractivity contribution >= 4 is 17.5 Å². The van der Waals surface area contributed by atoms with Crippen molar-refractivity contribution in [3.8, 4) is 5.75 Å². The number of rotatable bonds is 8. The van der Waals surface area contributed by atoms with E-state index < -0.39 is 6.10 Å². The summed E-state index contributed by atoms with van der Waals surface area (Å²) in [6, 6.07) is 5.00. The summed E-state index contributed by atoms with van der Waals surface area (Å²) < 4.78 is 10.7. The van der Waals surface area contributed by atoms with Crippen LogP contribution >= 0.6 is 11.6 Å². The van der Waals surface area contributed by atoms with Crippen LogP contribution < -0.4 is 10.1 Å². The summed E-state index contributed by atoms with van der Waals surface area (Å²) >= 11 is 5.88. The Kier molecular flexibility index (Phi) is 7.50. The molecule has 21 heavy (non-hydrogen) atoms. The van der Waals surface area contributed by atoms with Crippen LogP contribution in [0.15, 0.2) is 18.2 Å². The number of ether oxygens (including phenoxy) is 2. The van der Waals surface area contributed by atoms with Crippen LogP contribution in [0.3, 0.4) is 0 Å². The minimum atomic E-state index is -0.650. The van der Waals surface area contributed by atoms with Gasteiger partial charge in [0, 0.05) is 18.7 Å². The number of aryl methyl sites for hydroxylation is 1. The molecular formula is C15H22ClNO4. The molecule has 0 saturated heterocycles. The molecule has 2 unspecified atom stereocenters. The molecule has 1 amide bonds. The third-order valence-corrected chi connectivity index (χ3v) is 3.24. The summed E-state index contributed by atoms with van der Waals surface area (Å²) in [5.74, 6) is 0.368. The molecule has 5 nitrogen and oxygen atoms in total. The smallest absolute Gasteiger partial charge is 0.261 e. The number of carbonyl (C=O) groups excluding carboxylic acids is 1. The monoisotopic (exact) mass is 315 g/mol. The number of amides is 1. The Hall–Kier alpha value is -1.30. The number of hydrogen-bond donors (Lipinski definition) is 2. The maximum absolute atomic E-state index is 12.1. The highest BCUT2D eigenvalue weighted by molar-refractivity contribution is 6.30. The third kappa shape index (κ3) is 5.91. The molecule has 1 rings (SSSR count). The molecule has 0 fully saturated rings. The van der Waals surface area contributed by atoms with E-state index in [1.54, 1.807) is 32.2 Å². The van der Waals surface area contributed by atoms with Crippen LogP contribution in [0.25, 0.3) is 0 Å². The van der Waals surface area contributed by atoms with Gasteiger partial charge in [0.25, 0.3) is 5.91 Å². The molecule has 2 atom stereocenters. The number of hydrogen-bond acceptors (Lipinski definition) is 4. The van der Waals surface area contributed by atoms with Crippen molar-refractivity contribution in [2.24, 2.45) is 0 Å². The average molecular weight is 316 g/mol. The lowest BCUT2D eigenvalue weighted by molar-refractivity contribution is -0.128. The molecule has 0 aliphatic rings. The normalized spacial score (nSPS) is 13.6. The number of benzene rings is 1. The molecular weight excluding hydrogens is 294 g/mol. The lowest BCUT2D eigenvalue weighted by Gasteiger charge is -2.21. The first-order valence-corrected chi connectivity index (χ1v) is 7.18. The van der Waals surface area contributed by atoms with E-state index in [0.29, 0.717) is 23.8 Å². The molecule has 0 bridgehead atoms. The van der Waals surface area contributed by atoms with Gasteiger partial charge < -0.3 is 19.9 Å². The minimum Gasteiger partial charge on any atom is -0.481 e. The lowest BCUT2D eigenvalue weighted by atomic mass is 10.2. The second kappa shape index (κ2) is 8.87. The van der Waals surface area contributed by atoms with E-state index in [1.165, 1.54) is 0 Å². The highest BCUT2D eigenvalue weighted by atomic mass is 35.5. The minimum absolute atomic E-state index is 0.0141. The first-order valence-electron chi connectivity index (χ1n) is 6.81. The van der Waals surface area contributed by atoms with E-state index in [2.05, 4.69) is 5.32 Å². The Labute approximate surface area is 130 Å².